The van der Waals surface area contributed by atoms with Gasteiger partial charge in [-0.3, -0.25) is 0 Å². The second-order valence-corrected chi connectivity index (χ2v) is 4.82. The van der Waals surface area contributed by atoms with E-state index >= 15 is 0 Å². The van der Waals surface area contributed by atoms with E-state index in [4.69, 9.17) is 11.6 Å². The molecule has 2 rings (SSSR count). The molecule has 0 amide bonds. The van der Waals surface area contributed by atoms with Crippen LogP contribution >= 0.6 is 22.9 Å². The van der Waals surface area contributed by atoms with Crippen molar-refractivity contribution < 1.29 is 0 Å². The summed E-state index contributed by atoms with van der Waals surface area (Å²) in [6.07, 6.45) is 0.685. The van der Waals surface area contributed by atoms with Crippen molar-refractivity contribution in [3.63, 3.8) is 0 Å². The Bertz CT molecular complexity index is 496. The predicted molar refractivity (Wildman–Crippen MR) is 66.0 cm³/mol. The number of halogens is 1. The molecule has 0 radical (unpaired) electrons. The molecule has 0 spiro atoms. The highest BCUT2D eigenvalue weighted by Gasteiger charge is 2.05. The van der Waals surface area contributed by atoms with Gasteiger partial charge < -0.3 is 0 Å². The van der Waals surface area contributed by atoms with Crippen LogP contribution in [0.15, 0.2) is 11.4 Å². The van der Waals surface area contributed by atoms with Gasteiger partial charge in [0.25, 0.3) is 0 Å². The van der Waals surface area contributed by atoms with Crippen LogP contribution in [0, 0.1) is 13.8 Å². The number of aromatic nitrogens is 3. The highest BCUT2D eigenvalue weighted by atomic mass is 35.5. The molecule has 0 aliphatic rings. The van der Waals surface area contributed by atoms with Gasteiger partial charge in [-0.25, -0.2) is 15.0 Å². The normalized spacial score (nSPS) is 10.7. The Hall–Kier alpha value is -1.00. The Morgan fingerprint density at radius 1 is 1.19 bits per heavy atom. The van der Waals surface area contributed by atoms with E-state index < -0.39 is 0 Å². The van der Waals surface area contributed by atoms with Crippen molar-refractivity contribution in [2.24, 2.45) is 0 Å². The molecule has 84 valence electrons. The summed E-state index contributed by atoms with van der Waals surface area (Å²) in [5.41, 5.74) is 2.87. The lowest BCUT2D eigenvalue weighted by atomic mass is 10.3. The van der Waals surface area contributed by atoms with Crippen molar-refractivity contribution in [1.82, 2.24) is 15.0 Å². The third-order valence-corrected chi connectivity index (χ3v) is 3.31. The van der Waals surface area contributed by atoms with Gasteiger partial charge in [0, 0.05) is 16.8 Å². The quantitative estimate of drug-likeness (QED) is 0.790. The molecule has 0 aromatic carbocycles. The van der Waals surface area contributed by atoms with Crippen molar-refractivity contribution in [2.75, 3.05) is 0 Å². The first-order valence-corrected chi connectivity index (χ1v) is 6.39. The van der Waals surface area contributed by atoms with Crippen LogP contribution in [-0.2, 0) is 12.3 Å². The number of rotatable bonds is 3. The van der Waals surface area contributed by atoms with Crippen LogP contribution < -0.4 is 0 Å². The first-order valence-electron chi connectivity index (χ1n) is 4.98. The number of nitrogens with zero attached hydrogens (tertiary/aromatic N) is 3. The predicted octanol–water partition coefficient (Wildman–Crippen LogP) is 2.88. The zero-order valence-corrected chi connectivity index (χ0v) is 10.8. The number of hydrogen-bond donors (Lipinski definition) is 0. The van der Waals surface area contributed by atoms with Crippen LogP contribution in [0.25, 0.3) is 0 Å². The smallest absolute Gasteiger partial charge is 0.135 e. The molecule has 0 saturated carbocycles. The Morgan fingerprint density at radius 2 is 2.00 bits per heavy atom. The SMILES string of the molecule is Cc1cc(CCl)nc(Cc2nc(C)cs2)n1. The van der Waals surface area contributed by atoms with E-state index in [9.17, 15) is 0 Å². The summed E-state index contributed by atoms with van der Waals surface area (Å²) in [7, 11) is 0. The van der Waals surface area contributed by atoms with E-state index in [0.29, 0.717) is 12.3 Å². The molecule has 3 nitrogen and oxygen atoms in total. The molecular weight excluding hydrogens is 242 g/mol. The summed E-state index contributed by atoms with van der Waals surface area (Å²) in [6, 6.07) is 1.91. The van der Waals surface area contributed by atoms with Crippen LogP contribution in [0.2, 0.25) is 0 Å². The van der Waals surface area contributed by atoms with Gasteiger partial charge in [0.05, 0.1) is 18.0 Å². The maximum atomic E-state index is 5.77. The Labute approximate surface area is 104 Å². The van der Waals surface area contributed by atoms with Gasteiger partial charge in [-0.05, 0) is 19.9 Å². The molecule has 0 fully saturated rings. The first kappa shape index (κ1) is 11.5. The van der Waals surface area contributed by atoms with E-state index in [1.807, 2.05) is 25.3 Å². The largest absolute Gasteiger partial charge is 0.246 e. The van der Waals surface area contributed by atoms with Crippen LogP contribution in [0.5, 0.6) is 0 Å². The summed E-state index contributed by atoms with van der Waals surface area (Å²) >= 11 is 7.41. The third-order valence-electron chi connectivity index (χ3n) is 2.07. The van der Waals surface area contributed by atoms with E-state index in [1.54, 1.807) is 11.3 Å². The summed E-state index contributed by atoms with van der Waals surface area (Å²) in [5.74, 6) is 1.22. The van der Waals surface area contributed by atoms with Gasteiger partial charge >= 0.3 is 0 Å². The van der Waals surface area contributed by atoms with Crippen LogP contribution in [0.3, 0.4) is 0 Å². The summed E-state index contributed by atoms with van der Waals surface area (Å²) in [5, 5.41) is 3.08. The molecule has 2 aromatic rings. The van der Waals surface area contributed by atoms with Crippen molar-refractivity contribution in [1.29, 1.82) is 0 Å². The fourth-order valence-electron chi connectivity index (χ4n) is 1.47. The minimum atomic E-state index is 0.424. The number of thiazole rings is 1. The fraction of sp³-hybridized carbons (Fsp3) is 0.364. The standard InChI is InChI=1S/C11H12ClN3S/c1-7-3-9(5-12)15-10(13-7)4-11-14-8(2)6-16-11/h3,6H,4-5H2,1-2H3. The monoisotopic (exact) mass is 253 g/mol. The second-order valence-electron chi connectivity index (χ2n) is 3.61. The van der Waals surface area contributed by atoms with Gasteiger partial charge in [0.2, 0.25) is 0 Å². The van der Waals surface area contributed by atoms with Gasteiger partial charge in [0.15, 0.2) is 0 Å². The summed E-state index contributed by atoms with van der Waals surface area (Å²) in [4.78, 5) is 13.2. The molecule has 0 saturated heterocycles. The molecule has 2 aromatic heterocycles. The van der Waals surface area contributed by atoms with Crippen LogP contribution in [0.4, 0.5) is 0 Å². The van der Waals surface area contributed by atoms with Gasteiger partial charge in [-0.1, -0.05) is 0 Å². The summed E-state index contributed by atoms with van der Waals surface area (Å²) < 4.78 is 0. The van der Waals surface area contributed by atoms with E-state index in [-0.39, 0.29) is 0 Å². The molecule has 0 atom stereocenters. The van der Waals surface area contributed by atoms with Crippen LogP contribution in [-0.4, -0.2) is 15.0 Å². The lowest BCUT2D eigenvalue weighted by Gasteiger charge is -2.02. The topological polar surface area (TPSA) is 38.7 Å². The van der Waals surface area contributed by atoms with Crippen molar-refractivity contribution in [3.05, 3.63) is 39.4 Å². The zero-order valence-electron chi connectivity index (χ0n) is 9.20. The number of alkyl halides is 1. The molecule has 0 aliphatic heterocycles. The Kier molecular flexibility index (Phi) is 3.51. The lowest BCUT2D eigenvalue weighted by molar-refractivity contribution is 0.904. The minimum absolute atomic E-state index is 0.424. The second kappa shape index (κ2) is 4.89. The van der Waals surface area contributed by atoms with Crippen LogP contribution in [0.1, 0.15) is 27.9 Å². The molecule has 0 N–H and O–H groups in total. The van der Waals surface area contributed by atoms with Gasteiger partial charge in [-0.15, -0.1) is 22.9 Å². The van der Waals surface area contributed by atoms with Crippen molar-refractivity contribution in [3.8, 4) is 0 Å². The Balaban J connectivity index is 2.24. The van der Waals surface area contributed by atoms with E-state index in [0.717, 1.165) is 27.9 Å². The van der Waals surface area contributed by atoms with Gasteiger partial charge in [-0.2, -0.15) is 0 Å². The molecule has 2 heterocycles. The zero-order chi connectivity index (χ0) is 11.5. The fourth-order valence-corrected chi connectivity index (χ4v) is 2.37. The highest BCUT2D eigenvalue weighted by Crippen LogP contribution is 2.13. The maximum absolute atomic E-state index is 5.77. The third kappa shape index (κ3) is 2.77. The van der Waals surface area contributed by atoms with E-state index in [1.165, 1.54) is 0 Å². The molecule has 16 heavy (non-hydrogen) atoms. The molecule has 0 bridgehead atoms. The molecule has 5 heteroatoms. The molecule has 0 aliphatic carbocycles. The number of hydrogen-bond acceptors (Lipinski definition) is 4. The summed E-state index contributed by atoms with van der Waals surface area (Å²) in [6.45, 7) is 3.94. The highest BCUT2D eigenvalue weighted by molar-refractivity contribution is 7.09. The molecule has 0 unspecified atom stereocenters. The molecular formula is C11H12ClN3S. The lowest BCUT2D eigenvalue weighted by Crippen LogP contribution is -2.01. The van der Waals surface area contributed by atoms with Crippen molar-refractivity contribution >= 4 is 22.9 Å². The average molecular weight is 254 g/mol. The van der Waals surface area contributed by atoms with Gasteiger partial charge in [0.1, 0.15) is 10.8 Å². The Morgan fingerprint density at radius 3 is 2.62 bits per heavy atom. The minimum Gasteiger partial charge on any atom is -0.246 e. The van der Waals surface area contributed by atoms with E-state index in [2.05, 4.69) is 15.0 Å². The average Bonchev–Trinajstić information content (AvgIpc) is 2.63. The number of aryl methyl sites for hydroxylation is 2. The maximum Gasteiger partial charge on any atom is 0.135 e. The first-order chi connectivity index (χ1) is 7.67. The van der Waals surface area contributed by atoms with Crippen molar-refractivity contribution in [2.45, 2.75) is 26.1 Å².